The molecule has 4 nitrogen and oxygen atoms in total. The highest BCUT2D eigenvalue weighted by molar-refractivity contribution is 5.96. The third-order valence-corrected chi connectivity index (χ3v) is 5.40. The van der Waals surface area contributed by atoms with Crippen LogP contribution in [0.5, 0.6) is 0 Å². The molecule has 1 amide bonds. The van der Waals surface area contributed by atoms with E-state index < -0.39 is 0 Å². The Morgan fingerprint density at radius 1 is 1.10 bits per heavy atom. The maximum absolute atomic E-state index is 14.6. The molecule has 0 spiro atoms. The minimum Gasteiger partial charge on any atom is -0.349 e. The Morgan fingerprint density at radius 2 is 1.90 bits per heavy atom. The van der Waals surface area contributed by atoms with Crippen molar-refractivity contribution in [1.82, 2.24) is 15.1 Å². The van der Waals surface area contributed by atoms with Crippen LogP contribution in [-0.4, -0.2) is 21.7 Å². The summed E-state index contributed by atoms with van der Waals surface area (Å²) >= 11 is 0. The number of aromatic nitrogens is 2. The number of carbonyl (C=O) groups is 1. The first-order valence-electron chi connectivity index (χ1n) is 9.75. The van der Waals surface area contributed by atoms with Crippen LogP contribution < -0.4 is 5.32 Å². The van der Waals surface area contributed by atoms with Gasteiger partial charge in [-0.15, -0.1) is 0 Å². The predicted molar refractivity (Wildman–Crippen MR) is 112 cm³/mol. The maximum atomic E-state index is 14.6. The normalized spacial score (nSPS) is 13.6. The van der Waals surface area contributed by atoms with Crippen LogP contribution in [0.3, 0.4) is 0 Å². The third-order valence-electron chi connectivity index (χ3n) is 5.40. The van der Waals surface area contributed by atoms with Crippen molar-refractivity contribution in [3.63, 3.8) is 0 Å². The Labute approximate surface area is 168 Å². The molecular formula is C24H20FN3O. The van der Waals surface area contributed by atoms with E-state index in [1.165, 1.54) is 6.07 Å². The lowest BCUT2D eigenvalue weighted by atomic mass is 9.96. The molecule has 3 aromatic carbocycles. The lowest BCUT2D eigenvalue weighted by Crippen LogP contribution is -2.25. The van der Waals surface area contributed by atoms with Gasteiger partial charge in [0.2, 0.25) is 0 Å². The van der Waals surface area contributed by atoms with Gasteiger partial charge in [-0.3, -0.25) is 4.79 Å². The summed E-state index contributed by atoms with van der Waals surface area (Å²) in [7, 11) is 0. The fourth-order valence-corrected chi connectivity index (χ4v) is 3.58. The zero-order chi connectivity index (χ0) is 20.0. The van der Waals surface area contributed by atoms with E-state index in [4.69, 9.17) is 0 Å². The average molecular weight is 385 g/mol. The van der Waals surface area contributed by atoms with Gasteiger partial charge in [-0.1, -0.05) is 24.3 Å². The summed E-state index contributed by atoms with van der Waals surface area (Å²) in [6.45, 7) is 1.74. The second kappa shape index (κ2) is 6.85. The molecule has 1 aromatic heterocycles. The zero-order valence-electron chi connectivity index (χ0n) is 16.0. The minimum absolute atomic E-state index is 0.217. The first-order valence-corrected chi connectivity index (χ1v) is 9.75. The number of para-hydroxylation sites is 1. The summed E-state index contributed by atoms with van der Waals surface area (Å²) in [5, 5.41) is 8.39. The second-order valence-corrected chi connectivity index (χ2v) is 7.54. The Kier molecular flexibility index (Phi) is 4.16. The van der Waals surface area contributed by atoms with Crippen LogP contribution in [-0.2, 0) is 0 Å². The number of hydrogen-bond acceptors (Lipinski definition) is 2. The third kappa shape index (κ3) is 3.29. The Bertz CT molecular complexity index is 1230. The highest BCUT2D eigenvalue weighted by Gasteiger charge is 2.24. The highest BCUT2D eigenvalue weighted by atomic mass is 19.1. The van der Waals surface area contributed by atoms with Crippen molar-refractivity contribution in [1.29, 1.82) is 0 Å². The van der Waals surface area contributed by atoms with Crippen LogP contribution in [0.15, 0.2) is 66.9 Å². The van der Waals surface area contributed by atoms with Crippen LogP contribution in [0.1, 0.15) is 28.8 Å². The SMILES string of the molecule is Cc1c(F)cc(C(=O)NC2CC2)cc1-c1ccc2c(cnn2-c2ccccc2)c1. The minimum atomic E-state index is -0.372. The summed E-state index contributed by atoms with van der Waals surface area (Å²) < 4.78 is 16.5. The smallest absolute Gasteiger partial charge is 0.251 e. The van der Waals surface area contributed by atoms with Crippen molar-refractivity contribution in [3.05, 3.63) is 83.8 Å². The number of carbonyl (C=O) groups excluding carboxylic acids is 1. The van der Waals surface area contributed by atoms with E-state index in [9.17, 15) is 9.18 Å². The van der Waals surface area contributed by atoms with Crippen LogP contribution >= 0.6 is 0 Å². The number of nitrogens with one attached hydrogen (secondary N) is 1. The van der Waals surface area contributed by atoms with Crippen LogP contribution in [0.25, 0.3) is 27.7 Å². The van der Waals surface area contributed by atoms with Gasteiger partial charge in [-0.05, 0) is 72.9 Å². The van der Waals surface area contributed by atoms with E-state index >= 15 is 0 Å². The quantitative estimate of drug-likeness (QED) is 0.535. The van der Waals surface area contributed by atoms with Gasteiger partial charge in [-0.25, -0.2) is 9.07 Å². The van der Waals surface area contributed by atoms with Crippen LogP contribution in [0.2, 0.25) is 0 Å². The molecule has 0 radical (unpaired) electrons. The molecule has 1 aliphatic carbocycles. The summed E-state index contributed by atoms with van der Waals surface area (Å²) in [4.78, 5) is 12.4. The monoisotopic (exact) mass is 385 g/mol. The number of hydrogen-bond donors (Lipinski definition) is 1. The number of fused-ring (bicyclic) bond motifs is 1. The van der Waals surface area contributed by atoms with Gasteiger partial charge in [0.25, 0.3) is 5.91 Å². The summed E-state index contributed by atoms with van der Waals surface area (Å²) in [6.07, 6.45) is 3.80. The number of nitrogens with zero attached hydrogens (tertiary/aromatic N) is 2. The molecule has 1 heterocycles. The fourth-order valence-electron chi connectivity index (χ4n) is 3.58. The number of benzene rings is 3. The molecular weight excluding hydrogens is 365 g/mol. The van der Waals surface area contributed by atoms with Gasteiger partial charge in [-0.2, -0.15) is 5.10 Å². The molecule has 5 rings (SSSR count). The van der Waals surface area contributed by atoms with E-state index in [0.29, 0.717) is 11.1 Å². The van der Waals surface area contributed by atoms with Gasteiger partial charge < -0.3 is 5.32 Å². The zero-order valence-corrected chi connectivity index (χ0v) is 16.0. The molecule has 5 heteroatoms. The maximum Gasteiger partial charge on any atom is 0.251 e. The van der Waals surface area contributed by atoms with Crippen molar-refractivity contribution in [3.8, 4) is 16.8 Å². The molecule has 0 unspecified atom stereocenters. The van der Waals surface area contributed by atoms with Crippen molar-refractivity contribution in [2.45, 2.75) is 25.8 Å². The average Bonchev–Trinajstić information content (AvgIpc) is 3.45. The molecule has 0 atom stereocenters. The van der Waals surface area contributed by atoms with E-state index in [1.54, 1.807) is 19.2 Å². The van der Waals surface area contributed by atoms with Gasteiger partial charge >= 0.3 is 0 Å². The second-order valence-electron chi connectivity index (χ2n) is 7.54. The van der Waals surface area contributed by atoms with E-state index in [-0.39, 0.29) is 17.8 Å². The van der Waals surface area contributed by atoms with Gasteiger partial charge in [0, 0.05) is 17.0 Å². The Morgan fingerprint density at radius 3 is 2.66 bits per heavy atom. The van der Waals surface area contributed by atoms with Crippen LogP contribution in [0.4, 0.5) is 4.39 Å². The molecule has 0 saturated heterocycles. The van der Waals surface area contributed by atoms with Gasteiger partial charge in [0.15, 0.2) is 0 Å². The van der Waals surface area contributed by atoms with E-state index in [1.807, 2.05) is 53.2 Å². The summed E-state index contributed by atoms with van der Waals surface area (Å²) in [5.74, 6) is -0.589. The first-order chi connectivity index (χ1) is 14.1. The lowest BCUT2D eigenvalue weighted by molar-refractivity contribution is 0.0950. The number of amides is 1. The standard InChI is InChI=1S/C24H20FN3O/c1-15-21(12-17(13-22(15)25)24(29)27-19-8-9-19)16-7-10-23-18(11-16)14-26-28(23)20-5-3-2-4-6-20/h2-7,10-14,19H,8-9H2,1H3,(H,27,29). The van der Waals surface area contributed by atoms with Crippen molar-refractivity contribution >= 4 is 16.8 Å². The van der Waals surface area contributed by atoms with Crippen molar-refractivity contribution in [2.75, 3.05) is 0 Å². The highest BCUT2D eigenvalue weighted by Crippen LogP contribution is 2.30. The first kappa shape index (κ1) is 17.6. The van der Waals surface area contributed by atoms with Gasteiger partial charge in [0.1, 0.15) is 5.82 Å². The number of rotatable bonds is 4. The van der Waals surface area contributed by atoms with Gasteiger partial charge in [0.05, 0.1) is 17.4 Å². The summed E-state index contributed by atoms with van der Waals surface area (Å²) in [6, 6.07) is 19.2. The van der Waals surface area contributed by atoms with E-state index in [2.05, 4.69) is 10.4 Å². The molecule has 1 N–H and O–H groups in total. The lowest BCUT2D eigenvalue weighted by Gasteiger charge is -2.11. The van der Waals surface area contributed by atoms with Crippen LogP contribution in [0, 0.1) is 12.7 Å². The molecule has 29 heavy (non-hydrogen) atoms. The molecule has 0 aliphatic heterocycles. The van der Waals surface area contributed by atoms with E-state index in [0.717, 1.165) is 40.6 Å². The molecule has 4 aromatic rings. The van der Waals surface area contributed by atoms with Crippen molar-refractivity contribution < 1.29 is 9.18 Å². The largest absolute Gasteiger partial charge is 0.349 e. The Hall–Kier alpha value is -3.47. The predicted octanol–water partition coefficient (Wildman–Crippen LogP) is 5.03. The topological polar surface area (TPSA) is 46.9 Å². The molecule has 0 bridgehead atoms. The fraction of sp³-hybridized carbons (Fsp3) is 0.167. The number of halogens is 1. The molecule has 144 valence electrons. The molecule has 1 fully saturated rings. The Balaban J connectivity index is 1.56. The summed E-state index contributed by atoms with van der Waals surface area (Å²) in [5.41, 5.74) is 4.43. The van der Waals surface area contributed by atoms with Crippen molar-refractivity contribution in [2.24, 2.45) is 0 Å². The molecule has 1 saturated carbocycles. The molecule has 1 aliphatic rings.